The normalized spacial score (nSPS) is 30.7. The van der Waals surface area contributed by atoms with Gasteiger partial charge in [0.1, 0.15) is 0 Å². The summed E-state index contributed by atoms with van der Waals surface area (Å²) in [5.41, 5.74) is 6.45. The minimum atomic E-state index is 0.0930. The van der Waals surface area contributed by atoms with Crippen LogP contribution in [-0.2, 0) is 9.47 Å². The van der Waals surface area contributed by atoms with E-state index in [9.17, 15) is 0 Å². The minimum absolute atomic E-state index is 0.0930. The van der Waals surface area contributed by atoms with Crippen LogP contribution in [0, 0.1) is 11.8 Å². The fourth-order valence-electron chi connectivity index (χ4n) is 3.26. The third kappa shape index (κ3) is 3.43. The highest BCUT2D eigenvalue weighted by Crippen LogP contribution is 2.38. The average molecular weight is 241 g/mol. The molecule has 0 saturated carbocycles. The van der Waals surface area contributed by atoms with E-state index >= 15 is 0 Å². The van der Waals surface area contributed by atoms with Crippen LogP contribution >= 0.6 is 0 Å². The van der Waals surface area contributed by atoms with Gasteiger partial charge >= 0.3 is 0 Å². The highest BCUT2D eigenvalue weighted by molar-refractivity contribution is 4.92. The first-order valence-electron chi connectivity index (χ1n) is 7.09. The van der Waals surface area contributed by atoms with E-state index in [1.54, 1.807) is 0 Å². The Labute approximate surface area is 105 Å². The molecule has 0 aromatic rings. The van der Waals surface area contributed by atoms with Crippen LogP contribution in [0.15, 0.2) is 0 Å². The molecule has 0 aliphatic carbocycles. The Morgan fingerprint density at radius 1 is 1.24 bits per heavy atom. The Morgan fingerprint density at radius 2 is 1.94 bits per heavy atom. The van der Waals surface area contributed by atoms with Crippen molar-refractivity contribution in [1.82, 2.24) is 0 Å². The lowest BCUT2D eigenvalue weighted by molar-refractivity contribution is -0.149. The Hall–Kier alpha value is -0.120. The molecule has 2 heterocycles. The zero-order valence-electron chi connectivity index (χ0n) is 11.3. The summed E-state index contributed by atoms with van der Waals surface area (Å²) in [4.78, 5) is 0. The number of hydrogen-bond donors (Lipinski definition) is 1. The fourth-order valence-corrected chi connectivity index (χ4v) is 3.26. The molecular formula is C14H27NO2. The molecular weight excluding hydrogens is 214 g/mol. The second-order valence-corrected chi connectivity index (χ2v) is 6.19. The van der Waals surface area contributed by atoms with Crippen molar-refractivity contribution in [2.45, 2.75) is 57.6 Å². The van der Waals surface area contributed by atoms with Crippen molar-refractivity contribution >= 4 is 0 Å². The molecule has 17 heavy (non-hydrogen) atoms. The summed E-state index contributed by atoms with van der Waals surface area (Å²) in [7, 11) is 0. The molecule has 0 aromatic carbocycles. The van der Waals surface area contributed by atoms with Gasteiger partial charge in [0.15, 0.2) is 0 Å². The molecule has 0 aromatic heterocycles. The van der Waals surface area contributed by atoms with E-state index in [4.69, 9.17) is 15.2 Å². The van der Waals surface area contributed by atoms with Crippen LogP contribution in [0.1, 0.15) is 46.0 Å². The van der Waals surface area contributed by atoms with Crippen molar-refractivity contribution in [3.63, 3.8) is 0 Å². The maximum absolute atomic E-state index is 6.35. The van der Waals surface area contributed by atoms with E-state index < -0.39 is 0 Å². The third-order valence-corrected chi connectivity index (χ3v) is 4.28. The van der Waals surface area contributed by atoms with Crippen molar-refractivity contribution < 1.29 is 9.47 Å². The molecule has 2 aliphatic rings. The molecule has 0 amide bonds. The first-order chi connectivity index (χ1) is 8.11. The van der Waals surface area contributed by atoms with Crippen LogP contribution in [0.5, 0.6) is 0 Å². The maximum atomic E-state index is 6.35. The lowest BCUT2D eigenvalue weighted by Crippen LogP contribution is -2.48. The van der Waals surface area contributed by atoms with Crippen molar-refractivity contribution in [3.8, 4) is 0 Å². The quantitative estimate of drug-likeness (QED) is 0.825. The maximum Gasteiger partial charge on any atom is 0.0729 e. The summed E-state index contributed by atoms with van der Waals surface area (Å²) in [6.45, 7) is 7.10. The molecule has 2 aliphatic heterocycles. The number of nitrogens with two attached hydrogens (primary N) is 1. The molecule has 2 fully saturated rings. The standard InChI is InChI=1S/C14H27NO2/c1-11(2)9-13(15)12-3-6-17-14(10-12)4-7-16-8-5-14/h11-13H,3-10,15H2,1-2H3. The smallest absolute Gasteiger partial charge is 0.0729 e. The van der Waals surface area contributed by atoms with Crippen LogP contribution < -0.4 is 5.73 Å². The Bertz CT molecular complexity index is 231. The molecule has 0 bridgehead atoms. The monoisotopic (exact) mass is 241 g/mol. The van der Waals surface area contributed by atoms with Gasteiger partial charge < -0.3 is 15.2 Å². The number of hydrogen-bond acceptors (Lipinski definition) is 3. The van der Waals surface area contributed by atoms with E-state index in [2.05, 4.69) is 13.8 Å². The van der Waals surface area contributed by atoms with Gasteiger partial charge in [-0.25, -0.2) is 0 Å². The lowest BCUT2D eigenvalue weighted by atomic mass is 9.76. The Balaban J connectivity index is 1.91. The highest BCUT2D eigenvalue weighted by atomic mass is 16.5. The van der Waals surface area contributed by atoms with E-state index in [1.165, 1.54) is 0 Å². The second-order valence-electron chi connectivity index (χ2n) is 6.19. The van der Waals surface area contributed by atoms with E-state index in [1.807, 2.05) is 0 Å². The lowest BCUT2D eigenvalue weighted by Gasteiger charge is -2.45. The van der Waals surface area contributed by atoms with E-state index in [0.29, 0.717) is 17.9 Å². The highest BCUT2D eigenvalue weighted by Gasteiger charge is 2.40. The summed E-state index contributed by atoms with van der Waals surface area (Å²) in [5.74, 6) is 1.34. The van der Waals surface area contributed by atoms with Gasteiger partial charge in [-0.1, -0.05) is 13.8 Å². The molecule has 2 N–H and O–H groups in total. The summed E-state index contributed by atoms with van der Waals surface area (Å²) in [5, 5.41) is 0. The zero-order chi connectivity index (χ0) is 12.3. The molecule has 1 spiro atoms. The van der Waals surface area contributed by atoms with Crippen molar-refractivity contribution in [2.24, 2.45) is 17.6 Å². The molecule has 3 heteroatoms. The van der Waals surface area contributed by atoms with Gasteiger partial charge in [0, 0.05) is 25.9 Å². The number of ether oxygens (including phenoxy) is 2. The van der Waals surface area contributed by atoms with Crippen LogP contribution in [0.2, 0.25) is 0 Å². The van der Waals surface area contributed by atoms with Crippen LogP contribution in [0.3, 0.4) is 0 Å². The number of rotatable bonds is 3. The van der Waals surface area contributed by atoms with Crippen LogP contribution in [-0.4, -0.2) is 31.5 Å². The van der Waals surface area contributed by atoms with Gasteiger partial charge in [-0.15, -0.1) is 0 Å². The van der Waals surface area contributed by atoms with Gasteiger partial charge in [0.2, 0.25) is 0 Å². The zero-order valence-corrected chi connectivity index (χ0v) is 11.3. The van der Waals surface area contributed by atoms with Gasteiger partial charge in [0.25, 0.3) is 0 Å². The van der Waals surface area contributed by atoms with Crippen molar-refractivity contribution in [1.29, 1.82) is 0 Å². The van der Waals surface area contributed by atoms with E-state index in [-0.39, 0.29) is 5.60 Å². The van der Waals surface area contributed by atoms with Crippen LogP contribution in [0.4, 0.5) is 0 Å². The topological polar surface area (TPSA) is 44.5 Å². The molecule has 2 atom stereocenters. The third-order valence-electron chi connectivity index (χ3n) is 4.28. The summed E-state index contributed by atoms with van der Waals surface area (Å²) in [6.07, 6.45) is 5.52. The second kappa shape index (κ2) is 5.68. The van der Waals surface area contributed by atoms with Gasteiger partial charge in [-0.2, -0.15) is 0 Å². The molecule has 2 unspecified atom stereocenters. The molecule has 2 saturated heterocycles. The SMILES string of the molecule is CC(C)CC(N)C1CCOC2(CCOCC2)C1. The average Bonchev–Trinajstić information content (AvgIpc) is 2.29. The Kier molecular flexibility index (Phi) is 4.45. The first kappa shape index (κ1) is 13.3. The largest absolute Gasteiger partial charge is 0.381 e. The first-order valence-corrected chi connectivity index (χ1v) is 7.09. The van der Waals surface area contributed by atoms with E-state index in [0.717, 1.165) is 51.9 Å². The van der Waals surface area contributed by atoms with Gasteiger partial charge in [0.05, 0.1) is 5.60 Å². The molecule has 3 nitrogen and oxygen atoms in total. The van der Waals surface area contributed by atoms with Crippen molar-refractivity contribution in [3.05, 3.63) is 0 Å². The molecule has 100 valence electrons. The summed E-state index contributed by atoms with van der Waals surface area (Å²) in [6, 6.07) is 0.346. The predicted octanol–water partition coefficient (Wildman–Crippen LogP) is 2.34. The van der Waals surface area contributed by atoms with Crippen molar-refractivity contribution in [2.75, 3.05) is 19.8 Å². The minimum Gasteiger partial charge on any atom is -0.381 e. The predicted molar refractivity (Wildman–Crippen MR) is 68.9 cm³/mol. The fraction of sp³-hybridized carbons (Fsp3) is 1.00. The van der Waals surface area contributed by atoms with Gasteiger partial charge in [-0.05, 0) is 43.9 Å². The van der Waals surface area contributed by atoms with Gasteiger partial charge in [-0.3, -0.25) is 0 Å². The van der Waals surface area contributed by atoms with Crippen LogP contribution in [0.25, 0.3) is 0 Å². The molecule has 2 rings (SSSR count). The Morgan fingerprint density at radius 3 is 2.59 bits per heavy atom. The summed E-state index contributed by atoms with van der Waals surface area (Å²) >= 11 is 0. The summed E-state index contributed by atoms with van der Waals surface area (Å²) < 4.78 is 11.5. The molecule has 0 radical (unpaired) electrons.